The molecule has 1 atom stereocenters. The number of hydrogen-bond donors (Lipinski definition) is 2. The normalized spacial score (nSPS) is 13.0. The zero-order valence-corrected chi connectivity index (χ0v) is 14.5. The van der Waals surface area contributed by atoms with Gasteiger partial charge < -0.3 is 5.32 Å². The summed E-state index contributed by atoms with van der Waals surface area (Å²) in [5.74, 6) is 2.32. The van der Waals surface area contributed by atoms with E-state index in [9.17, 15) is 0 Å². The fraction of sp³-hybridized carbons (Fsp3) is 0.375. The zero-order valence-electron chi connectivity index (χ0n) is 13.7. The summed E-state index contributed by atoms with van der Waals surface area (Å²) in [6, 6.07) is 9.94. The quantitative estimate of drug-likeness (QED) is 0.766. The van der Waals surface area contributed by atoms with Gasteiger partial charge in [-0.3, -0.25) is 5.10 Å². The Labute approximate surface area is 139 Å². The third-order valence-corrected chi connectivity index (χ3v) is 4.02. The fourth-order valence-electron chi connectivity index (χ4n) is 2.14. The molecule has 6 nitrogen and oxygen atoms in total. The van der Waals surface area contributed by atoms with E-state index >= 15 is 0 Å². The van der Waals surface area contributed by atoms with Crippen molar-refractivity contribution in [1.29, 1.82) is 0 Å². The molecule has 2 aromatic heterocycles. The molecule has 2 heterocycles. The van der Waals surface area contributed by atoms with Gasteiger partial charge in [-0.2, -0.15) is 9.47 Å². The second-order valence-electron chi connectivity index (χ2n) is 6.44. The van der Waals surface area contributed by atoms with E-state index in [-0.39, 0.29) is 11.5 Å². The van der Waals surface area contributed by atoms with Gasteiger partial charge in [-0.1, -0.05) is 51.1 Å². The Morgan fingerprint density at radius 2 is 1.87 bits per heavy atom. The highest BCUT2D eigenvalue weighted by atomic mass is 32.1. The summed E-state index contributed by atoms with van der Waals surface area (Å²) in [5, 5.41) is 11.4. The molecule has 0 spiro atoms. The van der Waals surface area contributed by atoms with Crippen molar-refractivity contribution in [2.75, 3.05) is 5.32 Å². The average Bonchev–Trinajstić information content (AvgIpc) is 3.14. The minimum Gasteiger partial charge on any atom is -0.346 e. The molecule has 0 radical (unpaired) electrons. The number of H-pyrrole nitrogens is 1. The van der Waals surface area contributed by atoms with Crippen molar-refractivity contribution >= 4 is 16.7 Å². The zero-order chi connectivity index (χ0) is 16.4. The van der Waals surface area contributed by atoms with Gasteiger partial charge in [0.2, 0.25) is 5.13 Å². The first kappa shape index (κ1) is 15.6. The van der Waals surface area contributed by atoms with Gasteiger partial charge in [0.15, 0.2) is 5.82 Å². The summed E-state index contributed by atoms with van der Waals surface area (Å²) in [7, 11) is 0. The van der Waals surface area contributed by atoms with Crippen LogP contribution in [0.15, 0.2) is 30.3 Å². The molecular weight excluding hydrogens is 308 g/mol. The molecule has 0 saturated heterocycles. The van der Waals surface area contributed by atoms with Gasteiger partial charge in [0, 0.05) is 16.9 Å². The van der Waals surface area contributed by atoms with Crippen LogP contribution in [0.5, 0.6) is 0 Å². The van der Waals surface area contributed by atoms with Gasteiger partial charge in [0.25, 0.3) is 0 Å². The molecular formula is C16H20N6S. The first-order valence-electron chi connectivity index (χ1n) is 7.48. The molecule has 0 aliphatic rings. The lowest BCUT2D eigenvalue weighted by molar-refractivity contribution is 0.555. The molecule has 0 amide bonds. The summed E-state index contributed by atoms with van der Waals surface area (Å²) in [6.45, 7) is 8.20. The lowest BCUT2D eigenvalue weighted by atomic mass is 9.96. The van der Waals surface area contributed by atoms with Crippen LogP contribution in [0.3, 0.4) is 0 Å². The van der Waals surface area contributed by atoms with E-state index < -0.39 is 0 Å². The fourth-order valence-corrected chi connectivity index (χ4v) is 2.93. The molecule has 0 saturated carbocycles. The third-order valence-electron chi connectivity index (χ3n) is 3.37. The molecule has 0 fully saturated rings. The summed E-state index contributed by atoms with van der Waals surface area (Å²) >= 11 is 1.36. The van der Waals surface area contributed by atoms with Gasteiger partial charge in [-0.05, 0) is 12.5 Å². The Kier molecular flexibility index (Phi) is 4.12. The molecule has 0 aliphatic carbocycles. The molecule has 7 heteroatoms. The maximum atomic E-state index is 4.61. The molecule has 1 unspecified atom stereocenters. The first-order chi connectivity index (χ1) is 10.9. The number of benzene rings is 1. The Morgan fingerprint density at radius 3 is 2.43 bits per heavy atom. The number of aromatic nitrogens is 5. The lowest BCUT2D eigenvalue weighted by Gasteiger charge is -2.15. The van der Waals surface area contributed by atoms with E-state index in [1.54, 1.807) is 0 Å². The molecule has 3 rings (SSSR count). The van der Waals surface area contributed by atoms with Crippen molar-refractivity contribution < 1.29 is 0 Å². The molecule has 23 heavy (non-hydrogen) atoms. The highest BCUT2D eigenvalue weighted by molar-refractivity contribution is 7.09. The smallest absolute Gasteiger partial charge is 0.203 e. The van der Waals surface area contributed by atoms with Crippen LogP contribution in [0.1, 0.15) is 49.8 Å². The van der Waals surface area contributed by atoms with Gasteiger partial charge >= 0.3 is 0 Å². The standard InChI is InChI=1S/C16H20N6S/c1-10-17-13(21-20-10)12(11-8-6-5-7-9-11)18-15-19-14(22-23-15)16(2,3)4/h5-9,12H,1-4H3,(H,17,20,21)(H,18,19,22). The summed E-state index contributed by atoms with van der Waals surface area (Å²) in [4.78, 5) is 9.08. The molecule has 3 aromatic rings. The second-order valence-corrected chi connectivity index (χ2v) is 7.19. The topological polar surface area (TPSA) is 79.4 Å². The van der Waals surface area contributed by atoms with E-state index in [4.69, 9.17) is 0 Å². The van der Waals surface area contributed by atoms with Crippen molar-refractivity contribution in [2.45, 2.75) is 39.2 Å². The van der Waals surface area contributed by atoms with Crippen LogP contribution >= 0.6 is 11.5 Å². The van der Waals surface area contributed by atoms with E-state index in [2.05, 4.69) is 62.8 Å². The van der Waals surface area contributed by atoms with Gasteiger partial charge in [0.05, 0.1) is 0 Å². The number of rotatable bonds is 4. The maximum absolute atomic E-state index is 4.61. The van der Waals surface area contributed by atoms with E-state index in [0.29, 0.717) is 5.82 Å². The summed E-state index contributed by atoms with van der Waals surface area (Å²) in [6.07, 6.45) is 0. The SMILES string of the molecule is Cc1nc(C(Nc2nc(C(C)(C)C)ns2)c2ccccc2)n[nH]1. The number of nitrogens with zero attached hydrogens (tertiary/aromatic N) is 4. The number of hydrogen-bond acceptors (Lipinski definition) is 6. The Hall–Kier alpha value is -2.28. The van der Waals surface area contributed by atoms with Crippen LogP contribution in [-0.2, 0) is 5.41 Å². The van der Waals surface area contributed by atoms with Crippen LogP contribution in [0, 0.1) is 6.92 Å². The van der Waals surface area contributed by atoms with Crippen LogP contribution in [0.2, 0.25) is 0 Å². The highest BCUT2D eigenvalue weighted by Crippen LogP contribution is 2.28. The summed E-state index contributed by atoms with van der Waals surface area (Å²) in [5.41, 5.74) is 1.01. The number of aryl methyl sites for hydroxylation is 1. The average molecular weight is 328 g/mol. The Bertz CT molecular complexity index is 771. The van der Waals surface area contributed by atoms with E-state index in [1.165, 1.54) is 11.5 Å². The van der Waals surface area contributed by atoms with Crippen LogP contribution in [-0.4, -0.2) is 24.5 Å². The predicted octanol–water partition coefficient (Wildman–Crippen LogP) is 3.46. The van der Waals surface area contributed by atoms with Gasteiger partial charge in [-0.15, -0.1) is 0 Å². The maximum Gasteiger partial charge on any atom is 0.203 e. The summed E-state index contributed by atoms with van der Waals surface area (Å²) < 4.78 is 4.45. The Morgan fingerprint density at radius 1 is 1.13 bits per heavy atom. The molecule has 2 N–H and O–H groups in total. The third kappa shape index (κ3) is 3.56. The largest absolute Gasteiger partial charge is 0.346 e. The second kappa shape index (κ2) is 6.08. The highest BCUT2D eigenvalue weighted by Gasteiger charge is 2.23. The number of aromatic amines is 1. The van der Waals surface area contributed by atoms with E-state index in [0.717, 1.165) is 22.3 Å². The van der Waals surface area contributed by atoms with Gasteiger partial charge in [0.1, 0.15) is 17.7 Å². The van der Waals surface area contributed by atoms with Crippen molar-refractivity contribution in [3.8, 4) is 0 Å². The molecule has 1 aromatic carbocycles. The predicted molar refractivity (Wildman–Crippen MR) is 91.6 cm³/mol. The Balaban J connectivity index is 1.92. The number of nitrogens with one attached hydrogen (secondary N) is 2. The minimum atomic E-state index is -0.165. The van der Waals surface area contributed by atoms with Gasteiger partial charge in [-0.25, -0.2) is 9.97 Å². The van der Waals surface area contributed by atoms with Crippen molar-refractivity contribution in [2.24, 2.45) is 0 Å². The minimum absolute atomic E-state index is 0.0696. The van der Waals surface area contributed by atoms with Crippen molar-refractivity contribution in [3.63, 3.8) is 0 Å². The lowest BCUT2D eigenvalue weighted by Crippen LogP contribution is -2.16. The van der Waals surface area contributed by atoms with Crippen LogP contribution in [0.25, 0.3) is 0 Å². The first-order valence-corrected chi connectivity index (χ1v) is 8.25. The molecule has 0 aliphatic heterocycles. The van der Waals surface area contributed by atoms with Crippen LogP contribution in [0.4, 0.5) is 5.13 Å². The molecule has 0 bridgehead atoms. The molecule has 120 valence electrons. The van der Waals surface area contributed by atoms with Crippen molar-refractivity contribution in [3.05, 3.63) is 53.4 Å². The van der Waals surface area contributed by atoms with Crippen molar-refractivity contribution in [1.82, 2.24) is 24.5 Å². The van der Waals surface area contributed by atoms with Crippen LogP contribution < -0.4 is 5.32 Å². The monoisotopic (exact) mass is 328 g/mol. The van der Waals surface area contributed by atoms with E-state index in [1.807, 2.05) is 25.1 Å². The number of anilines is 1.